The molecule has 1 aromatic heterocycles. The fourth-order valence-electron chi connectivity index (χ4n) is 2.35. The summed E-state index contributed by atoms with van der Waals surface area (Å²) in [5, 5.41) is 12.1. The third-order valence-corrected chi connectivity index (χ3v) is 3.55. The average molecular weight is 295 g/mol. The first-order valence-electron chi connectivity index (χ1n) is 6.90. The molecule has 0 saturated heterocycles. The van der Waals surface area contributed by atoms with E-state index in [9.17, 15) is 0 Å². The molecule has 6 heteroatoms. The minimum atomic E-state index is 0.551. The lowest BCUT2D eigenvalue weighted by Crippen LogP contribution is -2.03. The minimum Gasteiger partial charge on any atom is -0.495 e. The Balaban J connectivity index is 2.13. The molecular weight excluding hydrogens is 278 g/mol. The summed E-state index contributed by atoms with van der Waals surface area (Å²) in [5.41, 5.74) is 10.6. The van der Waals surface area contributed by atoms with E-state index in [0.717, 1.165) is 22.4 Å². The average Bonchev–Trinajstić information content (AvgIpc) is 2.99. The van der Waals surface area contributed by atoms with Gasteiger partial charge in [-0.15, -0.1) is 5.10 Å². The van der Waals surface area contributed by atoms with Crippen molar-refractivity contribution in [2.45, 2.75) is 13.8 Å². The van der Waals surface area contributed by atoms with Gasteiger partial charge in [-0.1, -0.05) is 12.1 Å². The van der Waals surface area contributed by atoms with Gasteiger partial charge in [0.05, 0.1) is 18.5 Å². The number of hydrogen-bond acceptors (Lipinski definition) is 5. The second kappa shape index (κ2) is 5.48. The standard InChI is InChI=1S/C16H17N5O/c1-10-4-5-11(2)14(8-10)21-16(18-19-20-21)12-6-7-15(22-3)13(17)9-12/h4-9H,17H2,1-3H3. The monoisotopic (exact) mass is 295 g/mol. The molecule has 112 valence electrons. The van der Waals surface area contributed by atoms with Crippen LogP contribution in [0.2, 0.25) is 0 Å². The maximum absolute atomic E-state index is 5.98. The number of aromatic nitrogens is 4. The predicted octanol–water partition coefficient (Wildman–Crippen LogP) is 2.54. The number of anilines is 1. The summed E-state index contributed by atoms with van der Waals surface area (Å²) in [6.45, 7) is 4.07. The SMILES string of the molecule is COc1ccc(-c2nnnn2-c2cc(C)ccc2C)cc1N. The topological polar surface area (TPSA) is 78.9 Å². The Kier molecular flexibility index (Phi) is 3.50. The molecule has 3 rings (SSSR count). The van der Waals surface area contributed by atoms with Crippen LogP contribution in [0.15, 0.2) is 36.4 Å². The van der Waals surface area contributed by atoms with Crippen LogP contribution in [-0.2, 0) is 0 Å². The summed E-state index contributed by atoms with van der Waals surface area (Å²) in [5.74, 6) is 1.28. The number of rotatable bonds is 3. The number of nitrogen functional groups attached to an aromatic ring is 1. The summed E-state index contributed by atoms with van der Waals surface area (Å²) in [6.07, 6.45) is 0. The lowest BCUT2D eigenvalue weighted by molar-refractivity contribution is 0.417. The van der Waals surface area contributed by atoms with Gasteiger partial charge >= 0.3 is 0 Å². The summed E-state index contributed by atoms with van der Waals surface area (Å²) >= 11 is 0. The molecule has 0 aliphatic heterocycles. The van der Waals surface area contributed by atoms with Gasteiger partial charge in [0.25, 0.3) is 0 Å². The fourth-order valence-corrected chi connectivity index (χ4v) is 2.35. The van der Waals surface area contributed by atoms with E-state index in [1.54, 1.807) is 11.8 Å². The second-order valence-electron chi connectivity index (χ2n) is 5.16. The van der Waals surface area contributed by atoms with Crippen LogP contribution in [0.1, 0.15) is 11.1 Å². The Morgan fingerprint density at radius 2 is 1.91 bits per heavy atom. The Labute approximate surface area is 128 Å². The van der Waals surface area contributed by atoms with Crippen molar-refractivity contribution in [3.63, 3.8) is 0 Å². The first-order valence-corrected chi connectivity index (χ1v) is 6.90. The molecular formula is C16H17N5O. The number of nitrogens with two attached hydrogens (primary N) is 1. The molecule has 0 radical (unpaired) electrons. The molecule has 1 heterocycles. The Bertz CT molecular complexity index is 825. The molecule has 6 nitrogen and oxygen atoms in total. The van der Waals surface area contributed by atoms with Crippen molar-refractivity contribution in [3.05, 3.63) is 47.5 Å². The number of ether oxygens (including phenoxy) is 1. The molecule has 0 unspecified atom stereocenters. The van der Waals surface area contributed by atoms with E-state index in [2.05, 4.69) is 33.7 Å². The fraction of sp³-hybridized carbons (Fsp3) is 0.188. The maximum atomic E-state index is 5.98. The molecule has 0 saturated carbocycles. The third kappa shape index (κ3) is 2.39. The van der Waals surface area contributed by atoms with Gasteiger partial charge in [-0.05, 0) is 59.7 Å². The van der Waals surface area contributed by atoms with Gasteiger partial charge in [0.2, 0.25) is 0 Å². The van der Waals surface area contributed by atoms with Crippen LogP contribution in [0.25, 0.3) is 17.1 Å². The van der Waals surface area contributed by atoms with Crippen LogP contribution in [0.3, 0.4) is 0 Å². The van der Waals surface area contributed by atoms with Gasteiger partial charge in [0.1, 0.15) is 5.75 Å². The van der Waals surface area contributed by atoms with Gasteiger partial charge in [-0.2, -0.15) is 4.68 Å². The van der Waals surface area contributed by atoms with Crippen LogP contribution in [0.4, 0.5) is 5.69 Å². The van der Waals surface area contributed by atoms with Crippen LogP contribution in [0.5, 0.6) is 5.75 Å². The van der Waals surface area contributed by atoms with E-state index >= 15 is 0 Å². The zero-order chi connectivity index (χ0) is 15.7. The van der Waals surface area contributed by atoms with E-state index in [-0.39, 0.29) is 0 Å². The van der Waals surface area contributed by atoms with Gasteiger partial charge < -0.3 is 10.5 Å². The third-order valence-electron chi connectivity index (χ3n) is 3.55. The molecule has 0 aliphatic rings. The molecule has 2 aromatic carbocycles. The van der Waals surface area contributed by atoms with Crippen molar-refractivity contribution in [1.82, 2.24) is 20.2 Å². The molecule has 0 bridgehead atoms. The summed E-state index contributed by atoms with van der Waals surface area (Å²) in [7, 11) is 1.59. The number of tetrazole rings is 1. The van der Waals surface area contributed by atoms with E-state index in [1.165, 1.54) is 0 Å². The van der Waals surface area contributed by atoms with E-state index < -0.39 is 0 Å². The highest BCUT2D eigenvalue weighted by Gasteiger charge is 2.14. The zero-order valence-corrected chi connectivity index (χ0v) is 12.7. The van der Waals surface area contributed by atoms with Gasteiger partial charge in [-0.3, -0.25) is 0 Å². The Hall–Kier alpha value is -2.89. The molecule has 0 spiro atoms. The van der Waals surface area contributed by atoms with Crippen molar-refractivity contribution in [3.8, 4) is 22.8 Å². The molecule has 0 aliphatic carbocycles. The summed E-state index contributed by atoms with van der Waals surface area (Å²) < 4.78 is 6.91. The van der Waals surface area contributed by atoms with Crippen molar-refractivity contribution >= 4 is 5.69 Å². The molecule has 22 heavy (non-hydrogen) atoms. The van der Waals surface area contributed by atoms with E-state index in [1.807, 2.05) is 32.0 Å². The van der Waals surface area contributed by atoms with Crippen molar-refractivity contribution in [2.75, 3.05) is 12.8 Å². The highest BCUT2D eigenvalue weighted by Crippen LogP contribution is 2.28. The second-order valence-corrected chi connectivity index (χ2v) is 5.16. The van der Waals surface area contributed by atoms with Crippen molar-refractivity contribution in [1.29, 1.82) is 0 Å². The molecule has 2 N–H and O–H groups in total. The summed E-state index contributed by atoms with van der Waals surface area (Å²) in [4.78, 5) is 0. The minimum absolute atomic E-state index is 0.551. The zero-order valence-electron chi connectivity index (χ0n) is 12.7. The Morgan fingerprint density at radius 1 is 1.09 bits per heavy atom. The number of methoxy groups -OCH3 is 1. The molecule has 0 fully saturated rings. The first kappa shape index (κ1) is 14.1. The lowest BCUT2D eigenvalue weighted by atomic mass is 10.1. The van der Waals surface area contributed by atoms with Crippen molar-refractivity contribution < 1.29 is 4.74 Å². The Morgan fingerprint density at radius 3 is 2.64 bits per heavy atom. The first-order chi connectivity index (χ1) is 10.6. The molecule has 3 aromatic rings. The normalized spacial score (nSPS) is 10.7. The number of nitrogens with zero attached hydrogens (tertiary/aromatic N) is 4. The lowest BCUT2D eigenvalue weighted by Gasteiger charge is -2.10. The molecule has 0 amide bonds. The predicted molar refractivity (Wildman–Crippen MR) is 85.0 cm³/mol. The van der Waals surface area contributed by atoms with Gasteiger partial charge in [0.15, 0.2) is 5.82 Å². The van der Waals surface area contributed by atoms with E-state index in [0.29, 0.717) is 17.3 Å². The number of benzene rings is 2. The van der Waals surface area contributed by atoms with Crippen LogP contribution >= 0.6 is 0 Å². The number of aryl methyl sites for hydroxylation is 2. The van der Waals surface area contributed by atoms with Crippen LogP contribution in [0, 0.1) is 13.8 Å². The summed E-state index contributed by atoms with van der Waals surface area (Å²) in [6, 6.07) is 11.7. The quantitative estimate of drug-likeness (QED) is 0.751. The van der Waals surface area contributed by atoms with Gasteiger partial charge in [-0.25, -0.2) is 0 Å². The highest BCUT2D eigenvalue weighted by molar-refractivity contribution is 5.67. The maximum Gasteiger partial charge on any atom is 0.187 e. The van der Waals surface area contributed by atoms with Crippen molar-refractivity contribution in [2.24, 2.45) is 0 Å². The number of hydrogen-bond donors (Lipinski definition) is 1. The highest BCUT2D eigenvalue weighted by atomic mass is 16.5. The largest absolute Gasteiger partial charge is 0.495 e. The van der Waals surface area contributed by atoms with E-state index in [4.69, 9.17) is 10.5 Å². The molecule has 0 atom stereocenters. The van der Waals surface area contributed by atoms with Crippen LogP contribution in [-0.4, -0.2) is 27.3 Å². The smallest absolute Gasteiger partial charge is 0.187 e. The van der Waals surface area contributed by atoms with Crippen LogP contribution < -0.4 is 10.5 Å². The van der Waals surface area contributed by atoms with Gasteiger partial charge in [0, 0.05) is 5.56 Å².